The zero-order valence-electron chi connectivity index (χ0n) is 11.1. The van der Waals surface area contributed by atoms with Crippen molar-refractivity contribution in [3.63, 3.8) is 0 Å². The van der Waals surface area contributed by atoms with Crippen LogP contribution in [-0.4, -0.2) is 43.1 Å². The van der Waals surface area contributed by atoms with Crippen LogP contribution in [0.3, 0.4) is 0 Å². The Morgan fingerprint density at radius 3 is 2.84 bits per heavy atom. The summed E-state index contributed by atoms with van der Waals surface area (Å²) in [6.45, 7) is 3.81. The lowest BCUT2D eigenvalue weighted by atomic mass is 9.93. The summed E-state index contributed by atoms with van der Waals surface area (Å²) in [6, 6.07) is 2.31. The first-order chi connectivity index (χ1) is 9.34. The highest BCUT2D eigenvalue weighted by atomic mass is 16.1. The Kier molecular flexibility index (Phi) is 3.64. The fourth-order valence-corrected chi connectivity index (χ4v) is 2.56. The molecule has 1 aromatic rings. The number of pyridine rings is 1. The van der Waals surface area contributed by atoms with E-state index in [0.29, 0.717) is 11.6 Å². The van der Waals surface area contributed by atoms with Crippen molar-refractivity contribution in [3.8, 4) is 0 Å². The van der Waals surface area contributed by atoms with Gasteiger partial charge in [0.05, 0.1) is 11.3 Å². The van der Waals surface area contributed by atoms with Gasteiger partial charge in [0.2, 0.25) is 0 Å². The Balaban J connectivity index is 1.77. The van der Waals surface area contributed by atoms with Crippen LogP contribution < -0.4 is 15.5 Å². The summed E-state index contributed by atoms with van der Waals surface area (Å²) in [6.07, 6.45) is 6.88. The molecule has 0 radical (unpaired) electrons. The molecule has 0 spiro atoms. The first-order valence-electron chi connectivity index (χ1n) is 7.05. The molecule has 1 saturated heterocycles. The van der Waals surface area contributed by atoms with E-state index < -0.39 is 0 Å². The zero-order valence-corrected chi connectivity index (χ0v) is 11.1. The van der Waals surface area contributed by atoms with Gasteiger partial charge in [-0.15, -0.1) is 0 Å². The van der Waals surface area contributed by atoms with Crippen molar-refractivity contribution in [1.29, 1.82) is 0 Å². The second kappa shape index (κ2) is 5.57. The summed E-state index contributed by atoms with van der Waals surface area (Å²) in [5.74, 6) is 0.0198. The molecule has 5 nitrogen and oxygen atoms in total. The summed E-state index contributed by atoms with van der Waals surface area (Å²) in [4.78, 5) is 18.7. The first-order valence-corrected chi connectivity index (χ1v) is 7.05. The minimum atomic E-state index is 0.0198. The lowest BCUT2D eigenvalue weighted by Crippen LogP contribution is -2.45. The highest BCUT2D eigenvalue weighted by molar-refractivity contribution is 5.99. The van der Waals surface area contributed by atoms with Crippen molar-refractivity contribution in [2.45, 2.75) is 25.3 Å². The normalized spacial score (nSPS) is 19.9. The minimum absolute atomic E-state index is 0.0198. The minimum Gasteiger partial charge on any atom is -0.368 e. The van der Waals surface area contributed by atoms with Crippen LogP contribution in [-0.2, 0) is 0 Å². The standard InChI is InChI=1S/C14H20N4O/c19-14(17-11-2-1-3-11)12-10-16-5-4-13(12)18-8-6-15-7-9-18/h4-5,10-11,15H,1-3,6-9H2,(H,17,19). The van der Waals surface area contributed by atoms with Gasteiger partial charge in [-0.05, 0) is 25.3 Å². The maximum Gasteiger partial charge on any atom is 0.255 e. The molecule has 2 heterocycles. The van der Waals surface area contributed by atoms with E-state index in [1.807, 2.05) is 6.07 Å². The highest BCUT2D eigenvalue weighted by Gasteiger charge is 2.23. The van der Waals surface area contributed by atoms with Crippen molar-refractivity contribution >= 4 is 11.6 Å². The molecule has 0 aromatic carbocycles. The van der Waals surface area contributed by atoms with Gasteiger partial charge in [0.25, 0.3) is 5.91 Å². The topological polar surface area (TPSA) is 57.3 Å². The molecule has 0 atom stereocenters. The molecule has 2 N–H and O–H groups in total. The molecule has 1 saturated carbocycles. The zero-order chi connectivity index (χ0) is 13.1. The molecule has 1 aliphatic heterocycles. The quantitative estimate of drug-likeness (QED) is 0.843. The second-order valence-corrected chi connectivity index (χ2v) is 5.23. The molecule has 0 unspecified atom stereocenters. The van der Waals surface area contributed by atoms with E-state index in [-0.39, 0.29) is 5.91 Å². The average molecular weight is 260 g/mol. The van der Waals surface area contributed by atoms with E-state index in [0.717, 1.165) is 44.7 Å². The summed E-state index contributed by atoms with van der Waals surface area (Å²) < 4.78 is 0. The van der Waals surface area contributed by atoms with Crippen LogP contribution in [0.2, 0.25) is 0 Å². The Morgan fingerprint density at radius 2 is 2.16 bits per heavy atom. The molecule has 1 aliphatic carbocycles. The van der Waals surface area contributed by atoms with E-state index in [1.54, 1.807) is 12.4 Å². The van der Waals surface area contributed by atoms with Crippen LogP contribution in [0.1, 0.15) is 29.6 Å². The van der Waals surface area contributed by atoms with Crippen molar-refractivity contribution < 1.29 is 4.79 Å². The number of aromatic nitrogens is 1. The predicted octanol–water partition coefficient (Wildman–Crippen LogP) is 0.773. The fourth-order valence-electron chi connectivity index (χ4n) is 2.56. The van der Waals surface area contributed by atoms with Crippen molar-refractivity contribution in [2.24, 2.45) is 0 Å². The Labute approximate surface area is 113 Å². The average Bonchev–Trinajstić information content (AvgIpc) is 2.43. The maximum absolute atomic E-state index is 12.3. The van der Waals surface area contributed by atoms with E-state index in [1.165, 1.54) is 6.42 Å². The number of carbonyl (C=O) groups is 1. The number of piperazine rings is 1. The van der Waals surface area contributed by atoms with Crippen LogP contribution in [0.25, 0.3) is 0 Å². The largest absolute Gasteiger partial charge is 0.368 e. The Bertz CT molecular complexity index is 453. The second-order valence-electron chi connectivity index (χ2n) is 5.23. The molecule has 5 heteroatoms. The molecule has 102 valence electrons. The van der Waals surface area contributed by atoms with E-state index in [4.69, 9.17) is 0 Å². The molecule has 2 fully saturated rings. The number of nitrogens with one attached hydrogen (secondary N) is 2. The first kappa shape index (κ1) is 12.4. The number of rotatable bonds is 3. The number of hydrogen-bond acceptors (Lipinski definition) is 4. The fraction of sp³-hybridized carbons (Fsp3) is 0.571. The molecular weight excluding hydrogens is 240 g/mol. The molecule has 2 aliphatic rings. The summed E-state index contributed by atoms with van der Waals surface area (Å²) in [5, 5.41) is 6.42. The van der Waals surface area contributed by atoms with Crippen LogP contribution >= 0.6 is 0 Å². The summed E-state index contributed by atoms with van der Waals surface area (Å²) in [7, 11) is 0. The Hall–Kier alpha value is -1.62. The van der Waals surface area contributed by atoms with Crippen molar-refractivity contribution in [1.82, 2.24) is 15.6 Å². The number of anilines is 1. The lowest BCUT2D eigenvalue weighted by Gasteiger charge is -2.31. The third-order valence-electron chi connectivity index (χ3n) is 3.94. The number of nitrogens with zero attached hydrogens (tertiary/aromatic N) is 2. The van der Waals surface area contributed by atoms with Crippen LogP contribution in [0.5, 0.6) is 0 Å². The monoisotopic (exact) mass is 260 g/mol. The molecule has 0 bridgehead atoms. The molecule has 1 amide bonds. The van der Waals surface area contributed by atoms with Crippen molar-refractivity contribution in [2.75, 3.05) is 31.1 Å². The smallest absolute Gasteiger partial charge is 0.255 e. The van der Waals surface area contributed by atoms with Gasteiger partial charge < -0.3 is 15.5 Å². The van der Waals surface area contributed by atoms with Gasteiger partial charge in [-0.1, -0.05) is 0 Å². The lowest BCUT2D eigenvalue weighted by molar-refractivity contribution is 0.0917. The van der Waals surface area contributed by atoms with Gasteiger partial charge >= 0.3 is 0 Å². The van der Waals surface area contributed by atoms with Crippen LogP contribution in [0, 0.1) is 0 Å². The van der Waals surface area contributed by atoms with Crippen molar-refractivity contribution in [3.05, 3.63) is 24.0 Å². The van der Waals surface area contributed by atoms with Crippen LogP contribution in [0.4, 0.5) is 5.69 Å². The van der Waals surface area contributed by atoms with E-state index in [9.17, 15) is 4.79 Å². The van der Waals surface area contributed by atoms with E-state index in [2.05, 4.69) is 20.5 Å². The third-order valence-corrected chi connectivity index (χ3v) is 3.94. The van der Waals surface area contributed by atoms with Crippen LogP contribution in [0.15, 0.2) is 18.5 Å². The maximum atomic E-state index is 12.3. The van der Waals surface area contributed by atoms with Gasteiger partial charge in [-0.25, -0.2) is 0 Å². The van der Waals surface area contributed by atoms with Gasteiger partial charge in [0.1, 0.15) is 0 Å². The van der Waals surface area contributed by atoms with Gasteiger partial charge in [0.15, 0.2) is 0 Å². The number of hydrogen-bond donors (Lipinski definition) is 2. The molecular formula is C14H20N4O. The highest BCUT2D eigenvalue weighted by Crippen LogP contribution is 2.22. The number of carbonyl (C=O) groups excluding carboxylic acids is 1. The SMILES string of the molecule is O=C(NC1CCC1)c1cnccc1N1CCNCC1. The summed E-state index contributed by atoms with van der Waals surface area (Å²) in [5.41, 5.74) is 1.71. The number of amides is 1. The molecule has 1 aromatic heterocycles. The van der Waals surface area contributed by atoms with Gasteiger partial charge in [-0.2, -0.15) is 0 Å². The van der Waals surface area contributed by atoms with Gasteiger partial charge in [-0.3, -0.25) is 9.78 Å². The predicted molar refractivity (Wildman–Crippen MR) is 74.4 cm³/mol. The Morgan fingerprint density at radius 1 is 1.37 bits per heavy atom. The third kappa shape index (κ3) is 2.71. The molecule has 3 rings (SSSR count). The van der Waals surface area contributed by atoms with Gasteiger partial charge in [0, 0.05) is 44.6 Å². The molecule has 19 heavy (non-hydrogen) atoms. The summed E-state index contributed by atoms with van der Waals surface area (Å²) >= 11 is 0. The van der Waals surface area contributed by atoms with E-state index >= 15 is 0 Å².